The first-order chi connectivity index (χ1) is 29.7. The Morgan fingerprint density at radius 1 is 0.300 bits per heavy atom. The molecule has 0 atom stereocenters. The highest BCUT2D eigenvalue weighted by Crippen LogP contribution is 2.45. The molecule has 11 aromatic carbocycles. The second-order valence-electron chi connectivity index (χ2n) is 15.6. The second-order valence-corrected chi connectivity index (χ2v) is 15.6. The molecule has 12 aromatic rings. The molecular formula is C58H37NO. The van der Waals surface area contributed by atoms with Crippen LogP contribution in [0.3, 0.4) is 0 Å². The highest BCUT2D eigenvalue weighted by Gasteiger charge is 2.20. The molecule has 0 radical (unpaired) electrons. The zero-order valence-electron chi connectivity index (χ0n) is 32.7. The van der Waals surface area contributed by atoms with E-state index in [1.165, 1.54) is 54.2 Å². The molecule has 0 amide bonds. The molecule has 0 unspecified atom stereocenters. The van der Waals surface area contributed by atoms with Crippen molar-refractivity contribution in [1.29, 1.82) is 0 Å². The maximum atomic E-state index is 6.62. The number of hydrogen-bond donors (Lipinski definition) is 0. The first-order valence-electron chi connectivity index (χ1n) is 20.6. The van der Waals surface area contributed by atoms with Gasteiger partial charge in [0.25, 0.3) is 0 Å². The first kappa shape index (κ1) is 34.1. The lowest BCUT2D eigenvalue weighted by Gasteiger charge is -2.27. The lowest BCUT2D eigenvalue weighted by atomic mass is 9.94. The van der Waals surface area contributed by atoms with Crippen molar-refractivity contribution >= 4 is 82.1 Å². The van der Waals surface area contributed by atoms with Crippen LogP contribution >= 0.6 is 0 Å². The molecule has 0 aliphatic carbocycles. The summed E-state index contributed by atoms with van der Waals surface area (Å²) in [5.41, 5.74) is 12.0. The molecule has 280 valence electrons. The van der Waals surface area contributed by atoms with Crippen LogP contribution in [0, 0.1) is 0 Å². The summed E-state index contributed by atoms with van der Waals surface area (Å²) in [6.07, 6.45) is 0. The maximum absolute atomic E-state index is 6.62. The lowest BCUT2D eigenvalue weighted by Crippen LogP contribution is -2.10. The summed E-state index contributed by atoms with van der Waals surface area (Å²) in [6.45, 7) is 0. The topological polar surface area (TPSA) is 16.4 Å². The van der Waals surface area contributed by atoms with Gasteiger partial charge < -0.3 is 9.32 Å². The molecule has 1 heterocycles. The molecule has 0 saturated heterocycles. The van der Waals surface area contributed by atoms with Gasteiger partial charge in [-0.25, -0.2) is 0 Å². The molecule has 0 N–H and O–H groups in total. The third-order valence-electron chi connectivity index (χ3n) is 12.3. The van der Waals surface area contributed by atoms with Crippen LogP contribution in [0.1, 0.15) is 0 Å². The SMILES string of the molecule is c1ccc(-c2ccc(-c3ccc(N(c4ccc(-c5ccc6ccc7ccccc7c6c5)cc4)c4cccc5c4ccc4ccccc45)cc3)c3c2oc2ccccc23)cc1. The van der Waals surface area contributed by atoms with Gasteiger partial charge in [-0.1, -0.05) is 176 Å². The Kier molecular flexibility index (Phi) is 7.89. The van der Waals surface area contributed by atoms with Crippen LogP contribution in [0.5, 0.6) is 0 Å². The monoisotopic (exact) mass is 763 g/mol. The zero-order chi connectivity index (χ0) is 39.6. The average Bonchev–Trinajstić information content (AvgIpc) is 3.72. The molecule has 1 aromatic heterocycles. The highest BCUT2D eigenvalue weighted by atomic mass is 16.3. The van der Waals surface area contributed by atoms with Crippen LogP contribution in [0.25, 0.3) is 98.4 Å². The van der Waals surface area contributed by atoms with Gasteiger partial charge in [0.05, 0.1) is 5.69 Å². The summed E-state index contributed by atoms with van der Waals surface area (Å²) in [5, 5.41) is 12.2. The fourth-order valence-corrected chi connectivity index (χ4v) is 9.33. The molecule has 0 aliphatic rings. The van der Waals surface area contributed by atoms with E-state index in [1.807, 2.05) is 6.07 Å². The second kappa shape index (κ2) is 13.9. The molecule has 0 aliphatic heterocycles. The van der Waals surface area contributed by atoms with Crippen molar-refractivity contribution in [2.24, 2.45) is 0 Å². The summed E-state index contributed by atoms with van der Waals surface area (Å²) in [6, 6.07) is 81.2. The van der Waals surface area contributed by atoms with E-state index in [4.69, 9.17) is 4.42 Å². The third kappa shape index (κ3) is 5.57. The summed E-state index contributed by atoms with van der Waals surface area (Å²) < 4.78 is 6.62. The van der Waals surface area contributed by atoms with Crippen LogP contribution in [0.2, 0.25) is 0 Å². The standard InChI is InChI=1S/C58H37NO/c1-2-11-39(12-3-1)50-36-35-49(57-53-17-8-9-20-56(53)60-58(50)57)42-27-32-46(33-28-42)59(55-19-10-18-51-47-15-6-4-14-41(47)29-34-52(51)55)45-30-25-38(26-31-45)44-24-23-43-22-21-40-13-5-7-16-48(40)54(43)37-44/h1-37H. The van der Waals surface area contributed by atoms with Gasteiger partial charge in [-0.15, -0.1) is 0 Å². The van der Waals surface area contributed by atoms with Gasteiger partial charge in [0, 0.05) is 33.1 Å². The van der Waals surface area contributed by atoms with E-state index in [-0.39, 0.29) is 0 Å². The number of hydrogen-bond acceptors (Lipinski definition) is 2. The number of para-hydroxylation sites is 1. The number of furan rings is 1. The Balaban J connectivity index is 0.999. The van der Waals surface area contributed by atoms with Crippen molar-refractivity contribution in [2.45, 2.75) is 0 Å². The van der Waals surface area contributed by atoms with Crippen molar-refractivity contribution < 1.29 is 4.42 Å². The number of rotatable bonds is 6. The molecule has 0 bridgehead atoms. The largest absolute Gasteiger partial charge is 0.455 e. The molecule has 60 heavy (non-hydrogen) atoms. The van der Waals surface area contributed by atoms with E-state index < -0.39 is 0 Å². The van der Waals surface area contributed by atoms with E-state index in [1.54, 1.807) is 0 Å². The highest BCUT2D eigenvalue weighted by molar-refractivity contribution is 6.17. The normalized spacial score (nSPS) is 11.7. The summed E-state index contributed by atoms with van der Waals surface area (Å²) in [5.74, 6) is 0. The predicted octanol–water partition coefficient (Wildman–Crippen LogP) is 16.7. The van der Waals surface area contributed by atoms with Crippen molar-refractivity contribution in [3.05, 3.63) is 224 Å². The van der Waals surface area contributed by atoms with Crippen LogP contribution < -0.4 is 4.90 Å². The Morgan fingerprint density at radius 3 is 1.58 bits per heavy atom. The van der Waals surface area contributed by atoms with E-state index in [9.17, 15) is 0 Å². The van der Waals surface area contributed by atoms with Crippen molar-refractivity contribution in [3.8, 4) is 33.4 Å². The molecule has 2 nitrogen and oxygen atoms in total. The van der Waals surface area contributed by atoms with Gasteiger partial charge in [0.15, 0.2) is 0 Å². The smallest absolute Gasteiger partial charge is 0.143 e. The molecular weight excluding hydrogens is 727 g/mol. The van der Waals surface area contributed by atoms with E-state index >= 15 is 0 Å². The van der Waals surface area contributed by atoms with Crippen molar-refractivity contribution in [1.82, 2.24) is 0 Å². The van der Waals surface area contributed by atoms with Gasteiger partial charge in [0.2, 0.25) is 0 Å². The molecule has 0 spiro atoms. The lowest BCUT2D eigenvalue weighted by molar-refractivity contribution is 0.670. The van der Waals surface area contributed by atoms with E-state index in [2.05, 4.69) is 223 Å². The predicted molar refractivity (Wildman–Crippen MR) is 255 cm³/mol. The third-order valence-corrected chi connectivity index (χ3v) is 12.3. The Bertz CT molecular complexity index is 3580. The quantitative estimate of drug-likeness (QED) is 0.157. The minimum absolute atomic E-state index is 0.892. The van der Waals surface area contributed by atoms with Crippen molar-refractivity contribution in [2.75, 3.05) is 4.90 Å². The number of benzene rings is 11. The Labute approximate surface area is 347 Å². The van der Waals surface area contributed by atoms with E-state index in [0.717, 1.165) is 61.3 Å². The molecule has 0 saturated carbocycles. The molecule has 0 fully saturated rings. The van der Waals surface area contributed by atoms with Crippen LogP contribution in [0.4, 0.5) is 17.1 Å². The van der Waals surface area contributed by atoms with Gasteiger partial charge in [0.1, 0.15) is 11.2 Å². The van der Waals surface area contributed by atoms with Crippen LogP contribution in [-0.2, 0) is 0 Å². The van der Waals surface area contributed by atoms with Gasteiger partial charge in [-0.2, -0.15) is 0 Å². The zero-order valence-corrected chi connectivity index (χ0v) is 32.7. The maximum Gasteiger partial charge on any atom is 0.143 e. The minimum Gasteiger partial charge on any atom is -0.455 e. The number of anilines is 3. The fourth-order valence-electron chi connectivity index (χ4n) is 9.33. The summed E-state index contributed by atoms with van der Waals surface area (Å²) >= 11 is 0. The van der Waals surface area contributed by atoms with Crippen LogP contribution in [0.15, 0.2) is 229 Å². The van der Waals surface area contributed by atoms with Gasteiger partial charge in [-0.05, 0) is 114 Å². The Hall–Kier alpha value is -7.94. The first-order valence-corrected chi connectivity index (χ1v) is 20.6. The van der Waals surface area contributed by atoms with E-state index in [0.29, 0.717) is 0 Å². The minimum atomic E-state index is 0.892. The average molecular weight is 764 g/mol. The summed E-state index contributed by atoms with van der Waals surface area (Å²) in [4.78, 5) is 2.40. The molecule has 2 heteroatoms. The van der Waals surface area contributed by atoms with Crippen LogP contribution in [-0.4, -0.2) is 0 Å². The fraction of sp³-hybridized carbons (Fsp3) is 0. The molecule has 12 rings (SSSR count). The Morgan fingerprint density at radius 2 is 0.833 bits per heavy atom. The van der Waals surface area contributed by atoms with Crippen molar-refractivity contribution in [3.63, 3.8) is 0 Å². The van der Waals surface area contributed by atoms with Gasteiger partial charge >= 0.3 is 0 Å². The van der Waals surface area contributed by atoms with Gasteiger partial charge in [-0.3, -0.25) is 0 Å². The number of nitrogens with zero attached hydrogens (tertiary/aromatic N) is 1. The number of fused-ring (bicyclic) bond motifs is 9. The summed E-state index contributed by atoms with van der Waals surface area (Å²) in [7, 11) is 0.